The molecule has 0 aliphatic rings. The molecule has 5 nitrogen and oxygen atoms in total. The first-order valence-electron chi connectivity index (χ1n) is 9.56. The molecule has 1 aromatic heterocycles. The van der Waals surface area contributed by atoms with Crippen LogP contribution >= 0.6 is 0 Å². The third kappa shape index (κ3) is 5.22. The molecule has 1 amide bonds. The third-order valence-corrected chi connectivity index (χ3v) is 4.79. The Morgan fingerprint density at radius 1 is 1.04 bits per heavy atom. The molecule has 28 heavy (non-hydrogen) atoms. The van der Waals surface area contributed by atoms with Gasteiger partial charge in [-0.25, -0.2) is 0 Å². The molecule has 0 spiro atoms. The summed E-state index contributed by atoms with van der Waals surface area (Å²) in [6.45, 7) is 7.63. The first-order valence-corrected chi connectivity index (χ1v) is 9.56. The summed E-state index contributed by atoms with van der Waals surface area (Å²) in [7, 11) is 0. The van der Waals surface area contributed by atoms with E-state index >= 15 is 0 Å². The van der Waals surface area contributed by atoms with E-state index in [0.29, 0.717) is 19.6 Å². The van der Waals surface area contributed by atoms with Gasteiger partial charge < -0.3 is 10.1 Å². The van der Waals surface area contributed by atoms with Crippen molar-refractivity contribution in [1.29, 1.82) is 0 Å². The predicted molar refractivity (Wildman–Crippen MR) is 110 cm³/mol. The van der Waals surface area contributed by atoms with Crippen LogP contribution in [0.3, 0.4) is 0 Å². The van der Waals surface area contributed by atoms with Crippen LogP contribution in [0.5, 0.6) is 5.75 Å². The summed E-state index contributed by atoms with van der Waals surface area (Å²) in [5.74, 6) is 0.758. The number of hydrogen-bond donors (Lipinski definition) is 1. The summed E-state index contributed by atoms with van der Waals surface area (Å²) < 4.78 is 7.62. The average Bonchev–Trinajstić information content (AvgIpc) is 2.95. The molecule has 0 unspecified atom stereocenters. The molecule has 0 radical (unpaired) electrons. The van der Waals surface area contributed by atoms with E-state index in [1.54, 1.807) is 0 Å². The van der Waals surface area contributed by atoms with E-state index in [9.17, 15) is 4.79 Å². The maximum Gasteiger partial charge on any atom is 0.223 e. The Labute approximate surface area is 166 Å². The van der Waals surface area contributed by atoms with E-state index in [1.165, 1.54) is 11.1 Å². The third-order valence-electron chi connectivity index (χ3n) is 4.79. The Morgan fingerprint density at radius 3 is 2.46 bits per heavy atom. The zero-order valence-electron chi connectivity index (χ0n) is 16.7. The number of nitrogens with one attached hydrogen (secondary N) is 1. The molecule has 2 aromatic carbocycles. The van der Waals surface area contributed by atoms with Crippen LogP contribution in [-0.4, -0.2) is 22.3 Å². The van der Waals surface area contributed by atoms with E-state index < -0.39 is 0 Å². The number of carbonyl (C=O) groups excluding carboxylic acids is 1. The van der Waals surface area contributed by atoms with Crippen LogP contribution in [0, 0.1) is 20.8 Å². The van der Waals surface area contributed by atoms with E-state index in [-0.39, 0.29) is 5.91 Å². The van der Waals surface area contributed by atoms with Gasteiger partial charge in [0.2, 0.25) is 5.91 Å². The van der Waals surface area contributed by atoms with Gasteiger partial charge in [0.15, 0.2) is 0 Å². The maximum absolute atomic E-state index is 12.2. The number of ether oxygens (including phenoxy) is 1. The minimum atomic E-state index is -0.0262. The summed E-state index contributed by atoms with van der Waals surface area (Å²) in [6, 6.07) is 18.1. The number of nitrogens with zero attached hydrogens (tertiary/aromatic N) is 2. The van der Waals surface area contributed by atoms with Crippen molar-refractivity contribution < 1.29 is 9.53 Å². The number of aromatic nitrogens is 2. The Morgan fingerprint density at radius 2 is 1.75 bits per heavy atom. The largest absolute Gasteiger partial charge is 0.493 e. The number of hydrogen-bond acceptors (Lipinski definition) is 3. The first-order chi connectivity index (χ1) is 13.5. The second-order valence-electron chi connectivity index (χ2n) is 6.98. The van der Waals surface area contributed by atoms with Gasteiger partial charge in [0.1, 0.15) is 5.75 Å². The number of benzene rings is 2. The smallest absolute Gasteiger partial charge is 0.223 e. The molecule has 0 bridgehead atoms. The van der Waals surface area contributed by atoms with Gasteiger partial charge >= 0.3 is 0 Å². The lowest BCUT2D eigenvalue weighted by Gasteiger charge is -2.09. The molecule has 3 aromatic rings. The highest BCUT2D eigenvalue weighted by Crippen LogP contribution is 2.15. The number of carbonyl (C=O) groups is 1. The summed E-state index contributed by atoms with van der Waals surface area (Å²) in [5.41, 5.74) is 5.49. The number of aryl methyl sites for hydroxylation is 2. The van der Waals surface area contributed by atoms with Gasteiger partial charge in [0, 0.05) is 17.8 Å². The molecule has 0 atom stereocenters. The van der Waals surface area contributed by atoms with Gasteiger partial charge in [-0.3, -0.25) is 9.48 Å². The van der Waals surface area contributed by atoms with E-state index in [0.717, 1.165) is 29.2 Å². The van der Waals surface area contributed by atoms with Crippen LogP contribution in [-0.2, 0) is 17.9 Å². The van der Waals surface area contributed by atoms with Crippen molar-refractivity contribution in [2.24, 2.45) is 0 Å². The van der Waals surface area contributed by atoms with Crippen LogP contribution < -0.4 is 10.1 Å². The van der Waals surface area contributed by atoms with Crippen molar-refractivity contribution in [3.05, 3.63) is 82.7 Å². The van der Waals surface area contributed by atoms with Crippen molar-refractivity contribution in [3.63, 3.8) is 0 Å². The Hall–Kier alpha value is -3.08. The van der Waals surface area contributed by atoms with Crippen molar-refractivity contribution in [1.82, 2.24) is 15.1 Å². The van der Waals surface area contributed by atoms with Crippen LogP contribution in [0.2, 0.25) is 0 Å². The molecule has 0 saturated heterocycles. The zero-order valence-corrected chi connectivity index (χ0v) is 16.7. The lowest BCUT2D eigenvalue weighted by molar-refractivity contribution is -0.121. The van der Waals surface area contributed by atoms with Gasteiger partial charge in [0.25, 0.3) is 0 Å². The van der Waals surface area contributed by atoms with Gasteiger partial charge in [-0.2, -0.15) is 5.10 Å². The Bertz CT molecular complexity index is 915. The van der Waals surface area contributed by atoms with Crippen LogP contribution in [0.4, 0.5) is 0 Å². The molecule has 5 heteroatoms. The lowest BCUT2D eigenvalue weighted by Crippen LogP contribution is -2.25. The Balaban J connectivity index is 1.49. The molecule has 0 fully saturated rings. The number of amides is 1. The molecular weight excluding hydrogens is 350 g/mol. The first kappa shape index (κ1) is 19.7. The molecule has 0 aliphatic heterocycles. The molecule has 0 saturated carbocycles. The molecule has 1 N–H and O–H groups in total. The average molecular weight is 377 g/mol. The predicted octanol–water partition coefficient (Wildman–Crippen LogP) is 3.94. The zero-order chi connectivity index (χ0) is 19.9. The van der Waals surface area contributed by atoms with E-state index in [2.05, 4.69) is 22.5 Å². The second kappa shape index (κ2) is 9.22. The fraction of sp³-hybridized carbons (Fsp3) is 0.304. The molecular formula is C23H27N3O2. The van der Waals surface area contributed by atoms with Crippen molar-refractivity contribution >= 4 is 5.91 Å². The lowest BCUT2D eigenvalue weighted by atomic mass is 10.2. The highest BCUT2D eigenvalue weighted by molar-refractivity contribution is 5.76. The standard InChI is InChI=1S/C23H27N3O2/c1-17-9-11-21(12-10-17)28-14-13-23(27)24-15-22-18(2)25-26(19(22)3)16-20-7-5-4-6-8-20/h4-12H,13-16H2,1-3H3,(H,24,27). The fourth-order valence-electron chi connectivity index (χ4n) is 3.07. The normalized spacial score (nSPS) is 10.7. The van der Waals surface area contributed by atoms with Crippen LogP contribution in [0.15, 0.2) is 54.6 Å². The van der Waals surface area contributed by atoms with Gasteiger partial charge in [0.05, 0.1) is 25.3 Å². The van der Waals surface area contributed by atoms with Gasteiger partial charge in [-0.05, 0) is 38.5 Å². The second-order valence-corrected chi connectivity index (χ2v) is 6.98. The van der Waals surface area contributed by atoms with E-state index in [1.807, 2.05) is 67.9 Å². The van der Waals surface area contributed by atoms with Crippen LogP contribution in [0.25, 0.3) is 0 Å². The highest BCUT2D eigenvalue weighted by atomic mass is 16.5. The number of rotatable bonds is 8. The quantitative estimate of drug-likeness (QED) is 0.647. The monoisotopic (exact) mass is 377 g/mol. The highest BCUT2D eigenvalue weighted by Gasteiger charge is 2.13. The van der Waals surface area contributed by atoms with Crippen molar-refractivity contribution in [2.75, 3.05) is 6.61 Å². The minimum Gasteiger partial charge on any atom is -0.493 e. The van der Waals surface area contributed by atoms with Gasteiger partial charge in [-0.1, -0.05) is 48.0 Å². The fourth-order valence-corrected chi connectivity index (χ4v) is 3.07. The topological polar surface area (TPSA) is 56.1 Å². The van der Waals surface area contributed by atoms with E-state index in [4.69, 9.17) is 4.74 Å². The summed E-state index contributed by atoms with van der Waals surface area (Å²) in [5, 5.41) is 7.61. The van der Waals surface area contributed by atoms with Gasteiger partial charge in [-0.15, -0.1) is 0 Å². The minimum absolute atomic E-state index is 0.0262. The van der Waals surface area contributed by atoms with Crippen molar-refractivity contribution in [2.45, 2.75) is 40.3 Å². The SMILES string of the molecule is Cc1ccc(OCCC(=O)NCc2c(C)nn(Cc3ccccc3)c2C)cc1. The summed E-state index contributed by atoms with van der Waals surface area (Å²) in [6.07, 6.45) is 0.324. The molecule has 1 heterocycles. The van der Waals surface area contributed by atoms with Crippen molar-refractivity contribution in [3.8, 4) is 5.75 Å². The molecule has 146 valence electrons. The molecule has 3 rings (SSSR count). The summed E-state index contributed by atoms with van der Waals surface area (Å²) in [4.78, 5) is 12.2. The van der Waals surface area contributed by atoms with Crippen LogP contribution in [0.1, 0.15) is 34.5 Å². The Kier molecular flexibility index (Phi) is 6.48. The molecule has 0 aliphatic carbocycles. The maximum atomic E-state index is 12.2. The summed E-state index contributed by atoms with van der Waals surface area (Å²) >= 11 is 0.